The fraction of sp³-hybridized carbons (Fsp3) is 0.643. The first kappa shape index (κ1) is 10.6. The molecule has 2 aliphatic carbocycles. The van der Waals surface area contributed by atoms with Crippen LogP contribution in [0.25, 0.3) is 0 Å². The minimum atomic E-state index is 0.311. The Labute approximate surface area is 102 Å². The molecule has 86 valence electrons. The third kappa shape index (κ3) is 1.86. The van der Waals surface area contributed by atoms with Crippen LogP contribution in [0.4, 0.5) is 0 Å². The monoisotopic (exact) mass is 235 g/mol. The summed E-state index contributed by atoms with van der Waals surface area (Å²) in [5.41, 5.74) is 2.37. The SMILES string of the molecule is Cc1ccc(CC(Cl)C2C3CCCC32)nc1. The maximum absolute atomic E-state index is 6.51. The predicted molar refractivity (Wildman–Crippen MR) is 66.6 cm³/mol. The van der Waals surface area contributed by atoms with E-state index in [0.717, 1.165) is 29.9 Å². The Bertz CT molecular complexity index is 363. The average Bonchev–Trinajstić information content (AvgIpc) is 2.76. The van der Waals surface area contributed by atoms with Crippen LogP contribution in [0.5, 0.6) is 0 Å². The first-order chi connectivity index (χ1) is 7.75. The van der Waals surface area contributed by atoms with Gasteiger partial charge in [-0.1, -0.05) is 12.5 Å². The van der Waals surface area contributed by atoms with Crippen LogP contribution in [0.1, 0.15) is 30.5 Å². The predicted octanol–water partition coefficient (Wildman–Crippen LogP) is 3.59. The molecular weight excluding hydrogens is 218 g/mol. The number of alkyl halides is 1. The van der Waals surface area contributed by atoms with Gasteiger partial charge >= 0.3 is 0 Å². The zero-order valence-corrected chi connectivity index (χ0v) is 10.5. The van der Waals surface area contributed by atoms with Gasteiger partial charge in [0.25, 0.3) is 0 Å². The van der Waals surface area contributed by atoms with Crippen LogP contribution >= 0.6 is 11.6 Å². The summed E-state index contributed by atoms with van der Waals surface area (Å²) in [6.07, 6.45) is 7.14. The summed E-state index contributed by atoms with van der Waals surface area (Å²) in [6.45, 7) is 2.07. The molecule has 0 N–H and O–H groups in total. The van der Waals surface area contributed by atoms with Gasteiger partial charge in [-0.3, -0.25) is 4.98 Å². The van der Waals surface area contributed by atoms with Crippen molar-refractivity contribution in [1.29, 1.82) is 0 Å². The minimum absolute atomic E-state index is 0.311. The zero-order chi connectivity index (χ0) is 11.1. The van der Waals surface area contributed by atoms with Crippen LogP contribution in [0.2, 0.25) is 0 Å². The topological polar surface area (TPSA) is 12.9 Å². The third-order valence-corrected chi connectivity index (χ3v) is 4.71. The molecule has 1 nitrogen and oxygen atoms in total. The average molecular weight is 236 g/mol. The lowest BCUT2D eigenvalue weighted by Gasteiger charge is -2.10. The third-order valence-electron chi connectivity index (χ3n) is 4.27. The summed E-state index contributed by atoms with van der Waals surface area (Å²) >= 11 is 6.51. The van der Waals surface area contributed by atoms with Gasteiger partial charge in [-0.2, -0.15) is 0 Å². The number of hydrogen-bond donors (Lipinski definition) is 0. The van der Waals surface area contributed by atoms with Crippen LogP contribution in [0, 0.1) is 24.7 Å². The second kappa shape index (κ2) is 4.03. The second-order valence-electron chi connectivity index (χ2n) is 5.38. The standard InChI is InChI=1S/C14H18ClN/c1-9-5-6-10(16-8-9)7-13(15)14-11-3-2-4-12(11)14/h5-6,8,11-14H,2-4,7H2,1H3. The molecule has 1 aromatic heterocycles. The summed E-state index contributed by atoms with van der Waals surface area (Å²) in [5.74, 6) is 2.69. The molecule has 3 atom stereocenters. The number of aryl methyl sites for hydroxylation is 1. The Kier molecular flexibility index (Phi) is 2.67. The van der Waals surface area contributed by atoms with Gasteiger partial charge in [-0.15, -0.1) is 11.6 Å². The highest BCUT2D eigenvalue weighted by molar-refractivity contribution is 6.21. The lowest BCUT2D eigenvalue weighted by molar-refractivity contribution is 0.556. The van der Waals surface area contributed by atoms with Gasteiger partial charge in [-0.05, 0) is 49.1 Å². The van der Waals surface area contributed by atoms with E-state index >= 15 is 0 Å². The molecule has 0 saturated heterocycles. The van der Waals surface area contributed by atoms with E-state index in [-0.39, 0.29) is 0 Å². The maximum Gasteiger partial charge on any atom is 0.0425 e. The van der Waals surface area contributed by atoms with Gasteiger partial charge in [-0.25, -0.2) is 0 Å². The molecule has 0 aromatic carbocycles. The second-order valence-corrected chi connectivity index (χ2v) is 5.94. The number of halogens is 1. The molecule has 0 amide bonds. The molecule has 1 heterocycles. The molecule has 2 heteroatoms. The minimum Gasteiger partial charge on any atom is -0.261 e. The maximum atomic E-state index is 6.51. The van der Waals surface area contributed by atoms with Crippen molar-refractivity contribution < 1.29 is 0 Å². The van der Waals surface area contributed by atoms with Crippen LogP contribution in [0.15, 0.2) is 18.3 Å². The number of fused-ring (bicyclic) bond motifs is 1. The van der Waals surface area contributed by atoms with Crippen molar-refractivity contribution in [3.63, 3.8) is 0 Å². The van der Waals surface area contributed by atoms with Crippen molar-refractivity contribution in [2.75, 3.05) is 0 Å². The van der Waals surface area contributed by atoms with Gasteiger partial charge in [0.15, 0.2) is 0 Å². The van der Waals surface area contributed by atoms with E-state index in [1.807, 2.05) is 6.20 Å². The highest BCUT2D eigenvalue weighted by Crippen LogP contribution is 2.60. The van der Waals surface area contributed by atoms with E-state index in [4.69, 9.17) is 11.6 Å². The van der Waals surface area contributed by atoms with Crippen LogP contribution < -0.4 is 0 Å². The van der Waals surface area contributed by atoms with Gasteiger partial charge < -0.3 is 0 Å². The summed E-state index contributed by atoms with van der Waals surface area (Å²) in [4.78, 5) is 4.44. The smallest absolute Gasteiger partial charge is 0.0425 e. The summed E-state index contributed by atoms with van der Waals surface area (Å²) in [6, 6.07) is 4.24. The van der Waals surface area contributed by atoms with Crippen LogP contribution in [-0.4, -0.2) is 10.4 Å². The zero-order valence-electron chi connectivity index (χ0n) is 9.70. The van der Waals surface area contributed by atoms with Gasteiger partial charge in [0.1, 0.15) is 0 Å². The number of nitrogens with zero attached hydrogens (tertiary/aromatic N) is 1. The van der Waals surface area contributed by atoms with Crippen molar-refractivity contribution in [1.82, 2.24) is 4.98 Å². The molecule has 0 aliphatic heterocycles. The Morgan fingerprint density at radius 1 is 1.38 bits per heavy atom. The molecule has 2 aliphatic rings. The normalized spacial score (nSPS) is 33.5. The highest BCUT2D eigenvalue weighted by atomic mass is 35.5. The van der Waals surface area contributed by atoms with E-state index in [0.29, 0.717) is 5.38 Å². The van der Waals surface area contributed by atoms with E-state index in [2.05, 4.69) is 24.0 Å². The number of hydrogen-bond acceptors (Lipinski definition) is 1. The summed E-state index contributed by atoms with van der Waals surface area (Å²) in [5, 5.41) is 0.311. The van der Waals surface area contributed by atoms with Gasteiger partial charge in [0.2, 0.25) is 0 Å². The lowest BCUT2D eigenvalue weighted by Crippen LogP contribution is -2.10. The van der Waals surface area contributed by atoms with E-state index < -0.39 is 0 Å². The Morgan fingerprint density at radius 3 is 2.75 bits per heavy atom. The molecule has 0 bridgehead atoms. The van der Waals surface area contributed by atoms with Crippen molar-refractivity contribution in [2.45, 2.75) is 38.0 Å². The van der Waals surface area contributed by atoms with E-state index in [1.165, 1.54) is 24.8 Å². The molecular formula is C14H18ClN. The Hall–Kier alpha value is -0.560. The van der Waals surface area contributed by atoms with Crippen molar-refractivity contribution in [3.05, 3.63) is 29.6 Å². The summed E-state index contributed by atoms with van der Waals surface area (Å²) in [7, 11) is 0. The fourth-order valence-corrected chi connectivity index (χ4v) is 3.90. The fourth-order valence-electron chi connectivity index (χ4n) is 3.37. The molecule has 0 radical (unpaired) electrons. The lowest BCUT2D eigenvalue weighted by atomic mass is 10.0. The summed E-state index contributed by atoms with van der Waals surface area (Å²) < 4.78 is 0. The first-order valence-corrected chi connectivity index (χ1v) is 6.75. The Morgan fingerprint density at radius 2 is 2.12 bits per heavy atom. The molecule has 3 rings (SSSR count). The molecule has 2 saturated carbocycles. The van der Waals surface area contributed by atoms with Gasteiger partial charge in [0, 0.05) is 23.7 Å². The van der Waals surface area contributed by atoms with E-state index in [1.54, 1.807) is 0 Å². The molecule has 2 fully saturated rings. The van der Waals surface area contributed by atoms with Gasteiger partial charge in [0.05, 0.1) is 0 Å². The molecule has 16 heavy (non-hydrogen) atoms. The molecule has 1 aromatic rings. The van der Waals surface area contributed by atoms with Crippen molar-refractivity contribution in [3.8, 4) is 0 Å². The number of aromatic nitrogens is 1. The van der Waals surface area contributed by atoms with Crippen LogP contribution in [-0.2, 0) is 6.42 Å². The Balaban J connectivity index is 1.60. The van der Waals surface area contributed by atoms with E-state index in [9.17, 15) is 0 Å². The first-order valence-electron chi connectivity index (χ1n) is 6.31. The van der Waals surface area contributed by atoms with Crippen LogP contribution in [0.3, 0.4) is 0 Å². The highest BCUT2D eigenvalue weighted by Gasteiger charge is 2.55. The number of pyridine rings is 1. The van der Waals surface area contributed by atoms with Crippen molar-refractivity contribution in [2.24, 2.45) is 17.8 Å². The molecule has 3 unspecified atom stereocenters. The molecule has 0 spiro atoms. The largest absolute Gasteiger partial charge is 0.261 e. The number of rotatable bonds is 3. The van der Waals surface area contributed by atoms with Crippen molar-refractivity contribution >= 4 is 11.6 Å². The quantitative estimate of drug-likeness (QED) is 0.730.